The second kappa shape index (κ2) is 8.40. The van der Waals surface area contributed by atoms with Crippen LogP contribution >= 0.6 is 11.3 Å². The number of pyridine rings is 1. The lowest BCUT2D eigenvalue weighted by atomic mass is 9.92. The van der Waals surface area contributed by atoms with E-state index in [0.29, 0.717) is 5.92 Å². The average molecular weight is 426 g/mol. The van der Waals surface area contributed by atoms with Crippen molar-refractivity contribution < 1.29 is 9.18 Å². The predicted octanol–water partition coefficient (Wildman–Crippen LogP) is 7.43. The Morgan fingerprint density at radius 1 is 1.00 bits per heavy atom. The third-order valence-electron chi connectivity index (χ3n) is 5.44. The minimum Gasteiger partial charge on any atom is -0.288 e. The van der Waals surface area contributed by atoms with Gasteiger partial charge in [-0.1, -0.05) is 54.6 Å². The van der Waals surface area contributed by atoms with Gasteiger partial charge in [-0.2, -0.15) is 0 Å². The van der Waals surface area contributed by atoms with Crippen LogP contribution in [-0.4, -0.2) is 10.8 Å². The van der Waals surface area contributed by atoms with Gasteiger partial charge in [-0.15, -0.1) is 11.3 Å². The first kappa shape index (κ1) is 19.6. The number of rotatable bonds is 6. The first-order chi connectivity index (χ1) is 15.2. The molecule has 2 nitrogen and oxygen atoms in total. The van der Waals surface area contributed by atoms with Crippen LogP contribution in [0.25, 0.3) is 28.1 Å². The predicted molar refractivity (Wildman–Crippen MR) is 126 cm³/mol. The van der Waals surface area contributed by atoms with Crippen molar-refractivity contribution in [3.8, 4) is 11.1 Å². The maximum Gasteiger partial charge on any atom is 0.195 e. The number of benzene rings is 2. The van der Waals surface area contributed by atoms with Crippen molar-refractivity contribution in [2.24, 2.45) is 0 Å². The number of nitrogens with zero attached hydrogens (tertiary/aromatic N) is 1. The molecule has 0 N–H and O–H groups in total. The zero-order valence-electron chi connectivity index (χ0n) is 16.8. The number of ketones is 1. The third-order valence-corrected chi connectivity index (χ3v) is 6.33. The smallest absolute Gasteiger partial charge is 0.195 e. The van der Waals surface area contributed by atoms with Gasteiger partial charge in [0.1, 0.15) is 5.82 Å². The van der Waals surface area contributed by atoms with E-state index < -0.39 is 0 Å². The lowest BCUT2D eigenvalue weighted by Crippen LogP contribution is -1.98. The number of carbonyl (C=O) groups excluding carboxylic acids is 1. The highest BCUT2D eigenvalue weighted by Gasteiger charge is 2.29. The van der Waals surface area contributed by atoms with E-state index >= 15 is 0 Å². The molecule has 2 aromatic heterocycles. The summed E-state index contributed by atoms with van der Waals surface area (Å²) in [4.78, 5) is 17.9. The highest BCUT2D eigenvalue weighted by molar-refractivity contribution is 7.12. The van der Waals surface area contributed by atoms with Crippen LogP contribution in [0.3, 0.4) is 0 Å². The molecule has 1 aliphatic carbocycles. The summed E-state index contributed by atoms with van der Waals surface area (Å²) in [6.07, 6.45) is 9.55. The van der Waals surface area contributed by atoms with Gasteiger partial charge in [-0.25, -0.2) is 4.39 Å². The van der Waals surface area contributed by atoms with Crippen LogP contribution in [0, 0.1) is 5.82 Å². The van der Waals surface area contributed by atoms with Crippen LogP contribution in [0.5, 0.6) is 0 Å². The first-order valence-corrected chi connectivity index (χ1v) is 11.2. The van der Waals surface area contributed by atoms with Gasteiger partial charge >= 0.3 is 0 Å². The number of para-hydroxylation sites is 1. The molecule has 152 valence electrons. The maximum atomic E-state index is 13.6. The average Bonchev–Trinajstić information content (AvgIpc) is 3.49. The fourth-order valence-corrected chi connectivity index (χ4v) is 4.45. The van der Waals surface area contributed by atoms with Crippen molar-refractivity contribution in [2.75, 3.05) is 0 Å². The molecule has 5 rings (SSSR count). The molecule has 4 heteroatoms. The number of fused-ring (bicyclic) bond motifs is 1. The van der Waals surface area contributed by atoms with E-state index in [-0.39, 0.29) is 11.6 Å². The number of allylic oxidation sites excluding steroid dienone is 3. The van der Waals surface area contributed by atoms with E-state index in [1.165, 1.54) is 23.5 Å². The Labute approximate surface area is 184 Å². The summed E-state index contributed by atoms with van der Waals surface area (Å²) in [6, 6.07) is 18.4. The fraction of sp³-hybridized carbons (Fsp3) is 0.111. The Hall–Kier alpha value is -3.37. The van der Waals surface area contributed by atoms with E-state index in [1.54, 1.807) is 12.2 Å². The number of halogens is 1. The van der Waals surface area contributed by atoms with Gasteiger partial charge < -0.3 is 0 Å². The van der Waals surface area contributed by atoms with Crippen LogP contribution in [0.15, 0.2) is 84.3 Å². The van der Waals surface area contributed by atoms with E-state index in [0.717, 1.165) is 51.0 Å². The Kier molecular flexibility index (Phi) is 5.31. The molecule has 0 atom stereocenters. The molecule has 0 saturated heterocycles. The summed E-state index contributed by atoms with van der Waals surface area (Å²) in [7, 11) is 0. The van der Waals surface area contributed by atoms with Crippen molar-refractivity contribution in [1.29, 1.82) is 0 Å². The number of thiophene rings is 1. The summed E-state index contributed by atoms with van der Waals surface area (Å²) in [5, 5.41) is 2.94. The van der Waals surface area contributed by atoms with Gasteiger partial charge in [0.25, 0.3) is 0 Å². The van der Waals surface area contributed by atoms with E-state index in [4.69, 9.17) is 4.98 Å². The second-order valence-corrected chi connectivity index (χ2v) is 8.59. The molecule has 2 heterocycles. The van der Waals surface area contributed by atoms with Crippen LogP contribution in [-0.2, 0) is 0 Å². The molecule has 1 saturated carbocycles. The Balaban J connectivity index is 1.61. The van der Waals surface area contributed by atoms with Crippen molar-refractivity contribution in [3.63, 3.8) is 0 Å². The molecule has 1 fully saturated rings. The normalized spacial score (nSPS) is 14.1. The van der Waals surface area contributed by atoms with Crippen molar-refractivity contribution in [3.05, 3.63) is 106 Å². The van der Waals surface area contributed by atoms with Crippen LogP contribution in [0.2, 0.25) is 0 Å². The summed E-state index contributed by atoms with van der Waals surface area (Å²) in [5.74, 6) is 0.189. The molecule has 4 aromatic rings. The SMILES string of the molecule is O=C(/C=C/C=C/c1c(C2CC2)nc2ccccc2c1-c1ccc(F)cc1)c1cccs1. The van der Waals surface area contributed by atoms with Gasteiger partial charge in [-0.3, -0.25) is 9.78 Å². The highest BCUT2D eigenvalue weighted by atomic mass is 32.1. The highest BCUT2D eigenvalue weighted by Crippen LogP contribution is 2.45. The zero-order valence-corrected chi connectivity index (χ0v) is 17.6. The number of hydrogen-bond donors (Lipinski definition) is 0. The molecule has 0 aliphatic heterocycles. The van der Waals surface area contributed by atoms with Gasteiger partial charge in [0, 0.05) is 22.4 Å². The molecule has 0 bridgehead atoms. The van der Waals surface area contributed by atoms with Gasteiger partial charge in [-0.05, 0) is 54.1 Å². The van der Waals surface area contributed by atoms with E-state index in [2.05, 4.69) is 6.07 Å². The second-order valence-electron chi connectivity index (χ2n) is 7.64. The van der Waals surface area contributed by atoms with Crippen LogP contribution < -0.4 is 0 Å². The van der Waals surface area contributed by atoms with Crippen LogP contribution in [0.4, 0.5) is 4.39 Å². The number of hydrogen-bond acceptors (Lipinski definition) is 3. The maximum absolute atomic E-state index is 13.6. The summed E-state index contributed by atoms with van der Waals surface area (Å²) in [5.41, 5.74) is 5.08. The zero-order chi connectivity index (χ0) is 21.2. The van der Waals surface area contributed by atoms with Crippen molar-refractivity contribution in [2.45, 2.75) is 18.8 Å². The summed E-state index contributed by atoms with van der Waals surface area (Å²) in [6.45, 7) is 0. The van der Waals surface area contributed by atoms with Gasteiger partial charge in [0.2, 0.25) is 0 Å². The Morgan fingerprint density at radius 3 is 2.55 bits per heavy atom. The largest absolute Gasteiger partial charge is 0.288 e. The molecule has 0 unspecified atom stereocenters. The molecular formula is C27H20FNOS. The lowest BCUT2D eigenvalue weighted by Gasteiger charge is -2.15. The Morgan fingerprint density at radius 2 is 1.81 bits per heavy atom. The van der Waals surface area contributed by atoms with Crippen LogP contribution in [0.1, 0.15) is 39.7 Å². The van der Waals surface area contributed by atoms with E-state index in [9.17, 15) is 9.18 Å². The minimum atomic E-state index is -0.253. The monoisotopic (exact) mass is 425 g/mol. The molecule has 31 heavy (non-hydrogen) atoms. The topological polar surface area (TPSA) is 30.0 Å². The summed E-state index contributed by atoms with van der Waals surface area (Å²) < 4.78 is 13.6. The van der Waals surface area contributed by atoms with Crippen molar-refractivity contribution >= 4 is 34.1 Å². The molecule has 2 aromatic carbocycles. The quantitative estimate of drug-likeness (QED) is 0.183. The van der Waals surface area contributed by atoms with E-state index in [1.807, 2.05) is 60.0 Å². The fourth-order valence-electron chi connectivity index (χ4n) is 3.81. The van der Waals surface area contributed by atoms with Crippen molar-refractivity contribution in [1.82, 2.24) is 4.98 Å². The lowest BCUT2D eigenvalue weighted by molar-refractivity contribution is 0.105. The molecule has 0 spiro atoms. The standard InChI is InChI=1S/C27H20FNOS/c28-20-15-13-18(14-16-20)26-21-6-1-3-8-23(21)29-27(19-11-12-19)22(26)7-2-4-9-24(30)25-10-5-17-31-25/h1-10,13-17,19H,11-12H2/b7-2+,9-4+. The Bertz CT molecular complexity index is 1300. The van der Waals surface area contributed by atoms with Gasteiger partial charge in [0.15, 0.2) is 5.78 Å². The first-order valence-electron chi connectivity index (χ1n) is 10.3. The number of carbonyl (C=O) groups is 1. The number of aromatic nitrogens is 1. The molecular weight excluding hydrogens is 405 g/mol. The molecule has 0 amide bonds. The third kappa shape index (κ3) is 4.12. The molecule has 0 radical (unpaired) electrons. The minimum absolute atomic E-state index is 0.00235. The summed E-state index contributed by atoms with van der Waals surface area (Å²) >= 11 is 1.44. The molecule has 1 aliphatic rings. The van der Waals surface area contributed by atoms with Gasteiger partial charge in [0.05, 0.1) is 16.1 Å².